The van der Waals surface area contributed by atoms with Gasteiger partial charge >= 0.3 is 0 Å². The van der Waals surface area contributed by atoms with Gasteiger partial charge in [-0.1, -0.05) is 6.07 Å². The van der Waals surface area contributed by atoms with Crippen molar-refractivity contribution in [1.29, 1.82) is 0 Å². The van der Waals surface area contributed by atoms with Crippen LogP contribution in [0, 0.1) is 0 Å². The minimum atomic E-state index is -3.55. The summed E-state index contributed by atoms with van der Waals surface area (Å²) < 4.78 is 31.6. The van der Waals surface area contributed by atoms with Crippen molar-refractivity contribution in [2.45, 2.75) is 19.1 Å². The highest BCUT2D eigenvalue weighted by Crippen LogP contribution is 2.15. The Morgan fingerprint density at radius 2 is 2.41 bits per heavy atom. The topological polar surface area (TPSA) is 95.9 Å². The predicted molar refractivity (Wildman–Crippen MR) is 83.4 cm³/mol. The maximum absolute atomic E-state index is 12.3. The predicted octanol–water partition coefficient (Wildman–Crippen LogP) is -0.111. The van der Waals surface area contributed by atoms with Gasteiger partial charge in [-0.3, -0.25) is 4.79 Å². The number of hydrogen-bond acceptors (Lipinski definition) is 6. The average molecular weight is 348 g/mol. The fourth-order valence-corrected chi connectivity index (χ4v) is 4.11. The Bertz CT molecular complexity index is 586. The molecule has 2 unspecified atom stereocenters. The van der Waals surface area contributed by atoms with Crippen molar-refractivity contribution in [2.75, 3.05) is 32.0 Å². The summed E-state index contributed by atoms with van der Waals surface area (Å²) in [4.78, 5) is 14.5. The number of carbonyl (C=O) groups excluding carboxylic acids is 1. The lowest BCUT2D eigenvalue weighted by molar-refractivity contribution is -0.0108. The number of nitrogens with one attached hydrogen (secondary N) is 1. The molecule has 22 heavy (non-hydrogen) atoms. The van der Waals surface area contributed by atoms with Crippen LogP contribution in [0.3, 0.4) is 0 Å². The average Bonchev–Trinajstić information content (AvgIpc) is 2.98. The first-order valence-corrected chi connectivity index (χ1v) is 9.50. The smallest absolute Gasteiger partial charge is 0.264 e. The molecule has 0 spiro atoms. The first-order chi connectivity index (χ1) is 10.4. The second-order valence-electron chi connectivity index (χ2n) is 5.20. The van der Waals surface area contributed by atoms with Crippen molar-refractivity contribution in [3.8, 4) is 0 Å². The minimum Gasteiger partial charge on any atom is -0.392 e. The van der Waals surface area contributed by atoms with Crippen molar-refractivity contribution in [3.05, 3.63) is 22.4 Å². The van der Waals surface area contributed by atoms with Crippen molar-refractivity contribution < 1.29 is 23.1 Å². The van der Waals surface area contributed by atoms with Crippen molar-refractivity contribution >= 4 is 27.3 Å². The fraction of sp³-hybridized carbons (Fsp3) is 0.615. The second kappa shape index (κ2) is 7.51. The number of aliphatic hydroxyl groups is 1. The molecule has 0 saturated carbocycles. The number of nitrogens with zero attached hydrogens (tertiary/aromatic N) is 1. The van der Waals surface area contributed by atoms with E-state index in [1.807, 2.05) is 5.38 Å². The summed E-state index contributed by atoms with van der Waals surface area (Å²) in [6, 6.07) is 3.55. The quantitative estimate of drug-likeness (QED) is 0.748. The van der Waals surface area contributed by atoms with Gasteiger partial charge in [-0.05, 0) is 18.4 Å². The second-order valence-corrected chi connectivity index (χ2v) is 8.00. The third-order valence-corrected chi connectivity index (χ3v) is 5.44. The largest absolute Gasteiger partial charge is 0.392 e. The molecule has 9 heteroatoms. The molecule has 0 bridgehead atoms. The number of carbonyl (C=O) groups is 1. The molecule has 124 valence electrons. The molecule has 2 rings (SSSR count). The standard InChI is InChI=1S/C13H20N2O5S2/c1-10(16)7-14-22(18,19)9-11-8-15(4-5-20-11)13(17)12-3-2-6-21-12/h2-3,6,10-11,14,16H,4-5,7-9H2,1H3. The molecule has 0 aromatic carbocycles. The molecule has 1 aromatic heterocycles. The van der Waals surface area contributed by atoms with Gasteiger partial charge in [0.15, 0.2) is 0 Å². The van der Waals surface area contributed by atoms with Crippen LogP contribution in [0.4, 0.5) is 0 Å². The highest BCUT2D eigenvalue weighted by atomic mass is 32.2. The number of amides is 1. The highest BCUT2D eigenvalue weighted by Gasteiger charge is 2.29. The summed E-state index contributed by atoms with van der Waals surface area (Å²) in [5.41, 5.74) is 0. The van der Waals surface area contributed by atoms with E-state index in [4.69, 9.17) is 9.84 Å². The molecule has 2 N–H and O–H groups in total. The Kier molecular flexibility index (Phi) is 5.93. The Balaban J connectivity index is 1.92. The van der Waals surface area contributed by atoms with Crippen LogP contribution >= 0.6 is 11.3 Å². The van der Waals surface area contributed by atoms with Crippen LogP contribution in [0.2, 0.25) is 0 Å². The van der Waals surface area contributed by atoms with Crippen LogP contribution in [0.25, 0.3) is 0 Å². The van der Waals surface area contributed by atoms with Crippen LogP contribution in [0.5, 0.6) is 0 Å². The third-order valence-electron chi connectivity index (χ3n) is 3.16. The normalized spacial score (nSPS) is 20.8. The lowest BCUT2D eigenvalue weighted by Crippen LogP contribution is -2.49. The zero-order valence-corrected chi connectivity index (χ0v) is 13.9. The number of aliphatic hydroxyl groups excluding tert-OH is 1. The molecule has 1 fully saturated rings. The van der Waals surface area contributed by atoms with Crippen LogP contribution in [0.15, 0.2) is 17.5 Å². The Labute approximate surface area is 133 Å². The van der Waals surface area contributed by atoms with E-state index in [-0.39, 0.29) is 24.7 Å². The number of morpholine rings is 1. The lowest BCUT2D eigenvalue weighted by atomic mass is 10.3. The first kappa shape index (κ1) is 17.4. The van der Waals surface area contributed by atoms with Gasteiger partial charge in [-0.2, -0.15) is 0 Å². The molecule has 1 amide bonds. The molecule has 2 heterocycles. The molecule has 1 aliphatic rings. The van der Waals surface area contributed by atoms with Gasteiger partial charge in [0, 0.05) is 19.6 Å². The summed E-state index contributed by atoms with van der Waals surface area (Å²) in [5.74, 6) is -0.328. The Hall–Kier alpha value is -1.00. The molecular formula is C13H20N2O5S2. The number of thiophene rings is 1. The van der Waals surface area contributed by atoms with Gasteiger partial charge < -0.3 is 14.7 Å². The molecule has 0 aliphatic carbocycles. The maximum Gasteiger partial charge on any atom is 0.264 e. The van der Waals surface area contributed by atoms with Gasteiger partial charge in [0.2, 0.25) is 10.0 Å². The highest BCUT2D eigenvalue weighted by molar-refractivity contribution is 7.89. The summed E-state index contributed by atoms with van der Waals surface area (Å²) in [7, 11) is -3.55. The zero-order chi connectivity index (χ0) is 16.2. The lowest BCUT2D eigenvalue weighted by Gasteiger charge is -2.32. The number of rotatable bonds is 6. The monoisotopic (exact) mass is 348 g/mol. The van der Waals surface area contributed by atoms with E-state index in [2.05, 4.69) is 4.72 Å². The van der Waals surface area contributed by atoms with E-state index < -0.39 is 22.2 Å². The van der Waals surface area contributed by atoms with Gasteiger partial charge in [0.05, 0.1) is 29.4 Å². The SMILES string of the molecule is CC(O)CNS(=O)(=O)CC1CN(C(=O)c2cccs2)CCO1. The number of hydrogen-bond donors (Lipinski definition) is 2. The van der Waals surface area contributed by atoms with Crippen molar-refractivity contribution in [1.82, 2.24) is 9.62 Å². The molecular weight excluding hydrogens is 328 g/mol. The van der Waals surface area contributed by atoms with E-state index in [9.17, 15) is 13.2 Å². The van der Waals surface area contributed by atoms with Crippen molar-refractivity contribution in [3.63, 3.8) is 0 Å². The van der Waals surface area contributed by atoms with Gasteiger partial charge in [-0.15, -0.1) is 11.3 Å². The van der Waals surface area contributed by atoms with Gasteiger partial charge in [-0.25, -0.2) is 13.1 Å². The first-order valence-electron chi connectivity index (χ1n) is 6.97. The van der Waals surface area contributed by atoms with Crippen molar-refractivity contribution in [2.24, 2.45) is 0 Å². The van der Waals surface area contributed by atoms with E-state index in [1.165, 1.54) is 18.3 Å². The zero-order valence-electron chi connectivity index (χ0n) is 12.3. The molecule has 1 saturated heterocycles. The summed E-state index contributed by atoms with van der Waals surface area (Å²) in [5, 5.41) is 11.0. The van der Waals surface area contributed by atoms with Crippen LogP contribution in [0.1, 0.15) is 16.6 Å². The summed E-state index contributed by atoms with van der Waals surface area (Å²) in [6.07, 6.45) is -1.32. The molecule has 0 radical (unpaired) electrons. The number of sulfonamides is 1. The fourth-order valence-electron chi connectivity index (χ4n) is 2.11. The molecule has 7 nitrogen and oxygen atoms in total. The van der Waals surface area contributed by atoms with Crippen LogP contribution in [-0.4, -0.2) is 68.5 Å². The van der Waals surface area contributed by atoms with E-state index in [1.54, 1.807) is 17.0 Å². The van der Waals surface area contributed by atoms with E-state index in [0.717, 1.165) is 0 Å². The minimum absolute atomic E-state index is 0.0348. The summed E-state index contributed by atoms with van der Waals surface area (Å²) >= 11 is 1.36. The van der Waals surface area contributed by atoms with Crippen LogP contribution in [-0.2, 0) is 14.8 Å². The summed E-state index contributed by atoms with van der Waals surface area (Å²) in [6.45, 7) is 2.47. The maximum atomic E-state index is 12.3. The Morgan fingerprint density at radius 1 is 1.64 bits per heavy atom. The third kappa shape index (κ3) is 5.03. The molecule has 1 aromatic rings. The molecule has 2 atom stereocenters. The Morgan fingerprint density at radius 3 is 3.05 bits per heavy atom. The van der Waals surface area contributed by atoms with E-state index in [0.29, 0.717) is 18.0 Å². The molecule has 1 aliphatic heterocycles. The van der Waals surface area contributed by atoms with Crippen LogP contribution < -0.4 is 4.72 Å². The van der Waals surface area contributed by atoms with Gasteiger partial charge in [0.25, 0.3) is 5.91 Å². The van der Waals surface area contributed by atoms with Gasteiger partial charge in [0.1, 0.15) is 0 Å². The van der Waals surface area contributed by atoms with E-state index >= 15 is 0 Å². The number of ether oxygens (including phenoxy) is 1.